The van der Waals surface area contributed by atoms with Gasteiger partial charge in [0.2, 0.25) is 0 Å². The molecule has 0 aliphatic carbocycles. The van der Waals surface area contributed by atoms with Gasteiger partial charge in [-0.1, -0.05) is 24.6 Å². The topological polar surface area (TPSA) is 15.3 Å². The number of likely N-dealkylation sites (tertiary alicyclic amines) is 1. The van der Waals surface area contributed by atoms with E-state index >= 15 is 0 Å². The summed E-state index contributed by atoms with van der Waals surface area (Å²) < 4.78 is 13.7. The molecule has 106 valence electrons. The molecule has 1 aliphatic heterocycles. The highest BCUT2D eigenvalue weighted by Crippen LogP contribution is 2.36. The maximum Gasteiger partial charge on any atom is 0.142 e. The number of hydrogen-bond donors (Lipinski definition) is 1. The van der Waals surface area contributed by atoms with E-state index in [-0.39, 0.29) is 16.9 Å². The SMILES string of the molecule is CCN1CCCC(CNC)C1c1ccc(Cl)c(F)c1. The lowest BCUT2D eigenvalue weighted by molar-refractivity contribution is 0.0980. The third-order valence-electron chi connectivity index (χ3n) is 4.02. The standard InChI is InChI=1S/C15H22ClFN2/c1-3-19-8-4-5-12(10-18-2)15(19)11-6-7-13(16)14(17)9-11/h6-7,9,12,15,18H,3-5,8,10H2,1-2H3. The van der Waals surface area contributed by atoms with Crippen molar-refractivity contribution in [2.75, 3.05) is 26.7 Å². The zero-order chi connectivity index (χ0) is 13.8. The van der Waals surface area contributed by atoms with E-state index in [4.69, 9.17) is 11.6 Å². The first-order valence-corrected chi connectivity index (χ1v) is 7.38. The van der Waals surface area contributed by atoms with Gasteiger partial charge in [-0.3, -0.25) is 4.90 Å². The predicted octanol–water partition coefficient (Wildman–Crippen LogP) is 3.47. The minimum Gasteiger partial charge on any atom is -0.319 e. The van der Waals surface area contributed by atoms with Crippen LogP contribution in [0.25, 0.3) is 0 Å². The molecule has 19 heavy (non-hydrogen) atoms. The van der Waals surface area contributed by atoms with Gasteiger partial charge in [0, 0.05) is 6.04 Å². The van der Waals surface area contributed by atoms with Gasteiger partial charge < -0.3 is 5.32 Å². The molecule has 0 saturated carbocycles. The molecule has 2 nitrogen and oxygen atoms in total. The van der Waals surface area contributed by atoms with E-state index in [2.05, 4.69) is 17.1 Å². The molecule has 2 rings (SSSR count). The molecule has 1 fully saturated rings. The molecule has 0 aromatic heterocycles. The fourth-order valence-electron chi connectivity index (χ4n) is 3.16. The number of rotatable bonds is 4. The molecule has 0 amide bonds. The van der Waals surface area contributed by atoms with Gasteiger partial charge in [0.1, 0.15) is 5.82 Å². The van der Waals surface area contributed by atoms with E-state index in [1.54, 1.807) is 12.1 Å². The monoisotopic (exact) mass is 284 g/mol. The van der Waals surface area contributed by atoms with E-state index in [1.807, 2.05) is 13.1 Å². The van der Waals surface area contributed by atoms with Crippen molar-refractivity contribution in [2.45, 2.75) is 25.8 Å². The van der Waals surface area contributed by atoms with Gasteiger partial charge in [0.15, 0.2) is 0 Å². The van der Waals surface area contributed by atoms with Gasteiger partial charge >= 0.3 is 0 Å². The first-order valence-electron chi connectivity index (χ1n) is 7.01. The van der Waals surface area contributed by atoms with E-state index in [0.717, 1.165) is 25.2 Å². The number of halogens is 2. The van der Waals surface area contributed by atoms with Crippen LogP contribution in [0.1, 0.15) is 31.4 Å². The molecule has 1 aliphatic rings. The second kappa shape index (κ2) is 6.69. The molecule has 0 spiro atoms. The Kier molecular flexibility index (Phi) is 5.20. The number of benzene rings is 1. The van der Waals surface area contributed by atoms with Gasteiger partial charge in [-0.05, 0) is 63.1 Å². The van der Waals surface area contributed by atoms with Crippen LogP contribution in [0.2, 0.25) is 5.02 Å². The molecule has 1 aromatic rings. The third-order valence-corrected chi connectivity index (χ3v) is 4.32. The summed E-state index contributed by atoms with van der Waals surface area (Å²) >= 11 is 5.79. The first kappa shape index (κ1) is 14.8. The molecule has 2 atom stereocenters. The van der Waals surface area contributed by atoms with E-state index in [1.165, 1.54) is 12.8 Å². The van der Waals surface area contributed by atoms with Crippen molar-refractivity contribution in [1.29, 1.82) is 0 Å². The zero-order valence-corrected chi connectivity index (χ0v) is 12.4. The molecule has 0 bridgehead atoms. The molecule has 0 radical (unpaired) electrons. The van der Waals surface area contributed by atoms with Crippen LogP contribution in [-0.4, -0.2) is 31.6 Å². The largest absolute Gasteiger partial charge is 0.319 e. The van der Waals surface area contributed by atoms with Crippen molar-refractivity contribution in [1.82, 2.24) is 10.2 Å². The van der Waals surface area contributed by atoms with Crippen molar-refractivity contribution in [3.05, 3.63) is 34.6 Å². The number of nitrogens with zero attached hydrogens (tertiary/aromatic N) is 1. The number of piperidine rings is 1. The maximum atomic E-state index is 13.7. The molecule has 1 saturated heterocycles. The van der Waals surface area contributed by atoms with Crippen molar-refractivity contribution in [2.24, 2.45) is 5.92 Å². The first-order chi connectivity index (χ1) is 9.17. The van der Waals surface area contributed by atoms with E-state index < -0.39 is 0 Å². The third kappa shape index (κ3) is 3.28. The van der Waals surface area contributed by atoms with Gasteiger partial charge in [0.25, 0.3) is 0 Å². The summed E-state index contributed by atoms with van der Waals surface area (Å²) in [6.45, 7) is 5.22. The van der Waals surface area contributed by atoms with Crippen LogP contribution in [0.4, 0.5) is 4.39 Å². The highest BCUT2D eigenvalue weighted by molar-refractivity contribution is 6.30. The Morgan fingerprint density at radius 2 is 2.26 bits per heavy atom. The minimum absolute atomic E-state index is 0.202. The van der Waals surface area contributed by atoms with E-state index in [0.29, 0.717) is 5.92 Å². The van der Waals surface area contributed by atoms with Crippen molar-refractivity contribution < 1.29 is 4.39 Å². The second-order valence-electron chi connectivity index (χ2n) is 5.21. The summed E-state index contributed by atoms with van der Waals surface area (Å²) in [6, 6.07) is 5.53. The molecular weight excluding hydrogens is 263 g/mol. The van der Waals surface area contributed by atoms with Crippen molar-refractivity contribution >= 4 is 11.6 Å². The summed E-state index contributed by atoms with van der Waals surface area (Å²) in [5.41, 5.74) is 1.05. The maximum absolute atomic E-state index is 13.7. The molecule has 1 aromatic carbocycles. The molecule has 2 unspecified atom stereocenters. The zero-order valence-electron chi connectivity index (χ0n) is 11.6. The summed E-state index contributed by atoms with van der Waals surface area (Å²) in [5, 5.41) is 3.46. The summed E-state index contributed by atoms with van der Waals surface area (Å²) in [6.07, 6.45) is 2.40. The molecule has 1 heterocycles. The average molecular weight is 285 g/mol. The average Bonchev–Trinajstić information content (AvgIpc) is 2.42. The Balaban J connectivity index is 2.30. The fraction of sp³-hybridized carbons (Fsp3) is 0.600. The van der Waals surface area contributed by atoms with Crippen LogP contribution in [0.3, 0.4) is 0 Å². The predicted molar refractivity (Wildman–Crippen MR) is 78.0 cm³/mol. The van der Waals surface area contributed by atoms with Crippen LogP contribution in [0.5, 0.6) is 0 Å². The Bertz CT molecular complexity index is 423. The van der Waals surface area contributed by atoms with Crippen LogP contribution in [-0.2, 0) is 0 Å². The van der Waals surface area contributed by atoms with Gasteiger partial charge in [0.05, 0.1) is 5.02 Å². The fourth-order valence-corrected chi connectivity index (χ4v) is 3.28. The lowest BCUT2D eigenvalue weighted by Crippen LogP contribution is -2.42. The van der Waals surface area contributed by atoms with Gasteiger partial charge in [-0.2, -0.15) is 0 Å². The quantitative estimate of drug-likeness (QED) is 0.911. The van der Waals surface area contributed by atoms with E-state index in [9.17, 15) is 4.39 Å². The Labute approximate surface area is 119 Å². The molecule has 1 N–H and O–H groups in total. The van der Waals surface area contributed by atoms with Crippen molar-refractivity contribution in [3.63, 3.8) is 0 Å². The Hall–Kier alpha value is -0.640. The second-order valence-corrected chi connectivity index (χ2v) is 5.61. The summed E-state index contributed by atoms with van der Waals surface area (Å²) in [7, 11) is 1.98. The lowest BCUT2D eigenvalue weighted by Gasteiger charge is -2.41. The van der Waals surface area contributed by atoms with Gasteiger partial charge in [-0.15, -0.1) is 0 Å². The van der Waals surface area contributed by atoms with Crippen LogP contribution in [0.15, 0.2) is 18.2 Å². The summed E-state index contributed by atoms with van der Waals surface area (Å²) in [4.78, 5) is 2.44. The molecular formula is C15H22ClFN2. The number of hydrogen-bond acceptors (Lipinski definition) is 2. The van der Waals surface area contributed by atoms with Gasteiger partial charge in [-0.25, -0.2) is 4.39 Å². The lowest BCUT2D eigenvalue weighted by atomic mass is 9.84. The highest BCUT2D eigenvalue weighted by Gasteiger charge is 2.31. The van der Waals surface area contributed by atoms with Crippen LogP contribution in [0, 0.1) is 11.7 Å². The van der Waals surface area contributed by atoms with Crippen LogP contribution >= 0.6 is 11.6 Å². The number of nitrogens with one attached hydrogen (secondary N) is 1. The summed E-state index contributed by atoms with van der Waals surface area (Å²) in [5.74, 6) is 0.211. The van der Waals surface area contributed by atoms with Crippen molar-refractivity contribution in [3.8, 4) is 0 Å². The van der Waals surface area contributed by atoms with Crippen LogP contribution < -0.4 is 5.32 Å². The highest BCUT2D eigenvalue weighted by atomic mass is 35.5. The smallest absolute Gasteiger partial charge is 0.142 e. The normalized spacial score (nSPS) is 24.6. The molecule has 4 heteroatoms. The minimum atomic E-state index is -0.316. The Morgan fingerprint density at radius 1 is 1.47 bits per heavy atom. The Morgan fingerprint density at radius 3 is 2.89 bits per heavy atom.